The van der Waals surface area contributed by atoms with Gasteiger partial charge in [-0.2, -0.15) is 0 Å². The monoisotopic (exact) mass is 904 g/mol. The molecule has 0 amide bonds. The van der Waals surface area contributed by atoms with E-state index in [2.05, 4.69) is 10.6 Å². The Morgan fingerprint density at radius 3 is 1.33 bits per heavy atom. The first-order valence-corrected chi connectivity index (χ1v) is 20.5. The van der Waals surface area contributed by atoms with Crippen molar-refractivity contribution >= 4 is 92.6 Å². The summed E-state index contributed by atoms with van der Waals surface area (Å²) < 4.78 is 0. The van der Waals surface area contributed by atoms with Crippen LogP contribution in [0.15, 0.2) is 129 Å². The number of aryl methyl sites for hydroxylation is 1. The predicted octanol–water partition coefficient (Wildman–Crippen LogP) is 12.8. The first-order valence-electron chi connectivity index (χ1n) is 17.8. The van der Waals surface area contributed by atoms with Crippen LogP contribution in [0.3, 0.4) is 0 Å². The second-order valence-corrected chi connectivity index (χ2v) is 16.6. The number of carbonyl (C=O) groups is 2. The van der Waals surface area contributed by atoms with Crippen LogP contribution in [0.1, 0.15) is 51.3 Å². The summed E-state index contributed by atoms with van der Waals surface area (Å²) >= 11 is 21.0. The van der Waals surface area contributed by atoms with E-state index in [4.69, 9.17) is 34.8 Å². The van der Waals surface area contributed by atoms with Gasteiger partial charge < -0.3 is 20.8 Å². The van der Waals surface area contributed by atoms with Crippen LogP contribution in [0.4, 0.5) is 22.7 Å². The number of non-ortho nitro benzene ring substituents is 2. The highest BCUT2D eigenvalue weighted by Gasteiger charge is 2.18. The van der Waals surface area contributed by atoms with Crippen molar-refractivity contribution < 1.29 is 29.6 Å². The van der Waals surface area contributed by atoms with Gasteiger partial charge in [-0.3, -0.25) is 29.8 Å². The number of halogens is 3. The van der Waals surface area contributed by atoms with Crippen molar-refractivity contribution in [2.75, 3.05) is 10.6 Å². The number of carbonyl (C=O) groups excluding carboxylic acids is 2. The Bertz CT molecular complexity index is 2420. The standard InChI is InChI=1S/C22H19ClN2O4S.C21H16Cl2N2O4S/c1-13-3-6-18(7-4-13)30-21-8-5-17(25(28)29)9-15(21)12-24-20-11-16(23)10-19(14(2)26)22(20)27;1-12(26)18-9-15(23)10-19(21(18)27)24-11-13-8-16(25(28)29)4-7-20(13)30-17-5-2-14(22)3-6-17/h3-11,24,27H,12H2,1-2H3;2-10,24,27H,11H2,1H3. The molecule has 6 aromatic rings. The molecule has 0 bridgehead atoms. The molecule has 6 aromatic carbocycles. The maximum atomic E-state index is 11.7. The number of nitrogens with one attached hydrogen (secondary N) is 2. The van der Waals surface area contributed by atoms with Crippen molar-refractivity contribution in [3.05, 3.63) is 172 Å². The van der Waals surface area contributed by atoms with Gasteiger partial charge in [0.15, 0.2) is 11.6 Å². The Morgan fingerprint density at radius 1 is 0.583 bits per heavy atom. The zero-order chi connectivity index (χ0) is 43.7. The second kappa shape index (κ2) is 20.5. The number of Topliss-reactive ketones (excluding diaryl/α,β-unsaturated/α-hetero) is 2. The number of benzene rings is 6. The quantitative estimate of drug-likeness (QED) is 0.0351. The predicted molar refractivity (Wildman–Crippen MR) is 238 cm³/mol. The minimum Gasteiger partial charge on any atom is -0.505 e. The molecule has 0 aliphatic heterocycles. The molecule has 0 fully saturated rings. The third-order valence-corrected chi connectivity index (χ3v) is 11.6. The number of rotatable bonds is 14. The number of aromatic hydroxyl groups is 2. The SMILES string of the molecule is CC(=O)c1cc(Cl)cc(NCc2cc([N+](=O)[O-])ccc2Sc2ccc(C)cc2)c1O.CC(=O)c1cc(Cl)cc(NCc2cc([N+](=O)[O-])ccc2Sc2ccc(Cl)cc2)c1O. The molecular weight excluding hydrogens is 871 g/mol. The van der Waals surface area contributed by atoms with Gasteiger partial charge in [-0.25, -0.2) is 0 Å². The van der Waals surface area contributed by atoms with Crippen LogP contribution in [0.5, 0.6) is 11.5 Å². The fraction of sp³-hybridized carbons (Fsp3) is 0.116. The first-order chi connectivity index (χ1) is 28.5. The van der Waals surface area contributed by atoms with E-state index in [0.717, 1.165) is 25.1 Å². The molecule has 4 N–H and O–H groups in total. The van der Waals surface area contributed by atoms with Crippen LogP contribution in [0, 0.1) is 27.2 Å². The largest absolute Gasteiger partial charge is 0.505 e. The lowest BCUT2D eigenvalue weighted by Crippen LogP contribution is -2.04. The lowest BCUT2D eigenvalue weighted by molar-refractivity contribution is -0.385. The Kier molecular flexibility index (Phi) is 15.5. The average Bonchev–Trinajstić information content (AvgIpc) is 3.20. The van der Waals surface area contributed by atoms with Crippen LogP contribution >= 0.6 is 58.3 Å². The Hall–Kier alpha value is -5.77. The molecule has 0 atom stereocenters. The van der Waals surface area contributed by atoms with E-state index in [1.165, 1.54) is 85.9 Å². The Morgan fingerprint density at radius 2 is 0.967 bits per heavy atom. The molecule has 0 spiro atoms. The summed E-state index contributed by atoms with van der Waals surface area (Å²) in [5, 5.41) is 50.5. The lowest BCUT2D eigenvalue weighted by Gasteiger charge is -2.14. The Balaban J connectivity index is 0.000000228. The van der Waals surface area contributed by atoms with Gasteiger partial charge in [0.05, 0.1) is 32.3 Å². The van der Waals surface area contributed by atoms with Gasteiger partial charge in [-0.05, 0) is 105 Å². The summed E-state index contributed by atoms with van der Waals surface area (Å²) in [5.74, 6) is -1.06. The van der Waals surface area contributed by atoms with E-state index in [1.807, 2.05) is 43.3 Å². The van der Waals surface area contributed by atoms with E-state index >= 15 is 0 Å². The van der Waals surface area contributed by atoms with E-state index in [1.54, 1.807) is 24.3 Å². The molecule has 12 nitrogen and oxygen atoms in total. The van der Waals surface area contributed by atoms with Crippen LogP contribution in [0.2, 0.25) is 15.1 Å². The second-order valence-electron chi connectivity index (χ2n) is 13.1. The smallest absolute Gasteiger partial charge is 0.269 e. The third kappa shape index (κ3) is 12.1. The van der Waals surface area contributed by atoms with Crippen molar-refractivity contribution in [1.29, 1.82) is 0 Å². The average molecular weight is 906 g/mol. The maximum absolute atomic E-state index is 11.7. The van der Waals surface area contributed by atoms with Gasteiger partial charge in [0.1, 0.15) is 11.5 Å². The van der Waals surface area contributed by atoms with E-state index in [0.29, 0.717) is 21.2 Å². The molecule has 60 heavy (non-hydrogen) atoms. The summed E-state index contributed by atoms with van der Waals surface area (Å²) in [6.45, 7) is 5.04. The van der Waals surface area contributed by atoms with Gasteiger partial charge in [0.25, 0.3) is 11.4 Å². The molecule has 0 unspecified atom stereocenters. The first kappa shape index (κ1) is 45.3. The molecule has 0 aliphatic rings. The van der Waals surface area contributed by atoms with Crippen molar-refractivity contribution in [3.63, 3.8) is 0 Å². The number of hydrogen-bond acceptors (Lipinski definition) is 12. The number of hydrogen-bond donors (Lipinski definition) is 4. The number of phenolic OH excluding ortho intramolecular Hbond substituents is 2. The van der Waals surface area contributed by atoms with E-state index in [9.17, 15) is 40.0 Å². The van der Waals surface area contributed by atoms with Crippen molar-refractivity contribution in [1.82, 2.24) is 0 Å². The summed E-state index contributed by atoms with van der Waals surface area (Å²) in [5.41, 5.74) is 3.14. The summed E-state index contributed by atoms with van der Waals surface area (Å²) in [6, 6.07) is 30.2. The maximum Gasteiger partial charge on any atom is 0.269 e. The molecule has 0 radical (unpaired) electrons. The van der Waals surface area contributed by atoms with Gasteiger partial charge in [0, 0.05) is 72.0 Å². The highest BCUT2D eigenvalue weighted by molar-refractivity contribution is 7.99. The van der Waals surface area contributed by atoms with Crippen LogP contribution < -0.4 is 10.6 Å². The molecule has 6 rings (SSSR count). The fourth-order valence-corrected chi connectivity index (χ4v) is 7.99. The van der Waals surface area contributed by atoms with Gasteiger partial charge in [0.2, 0.25) is 0 Å². The normalized spacial score (nSPS) is 10.6. The Labute approximate surface area is 368 Å². The van der Waals surface area contributed by atoms with E-state index in [-0.39, 0.29) is 75.1 Å². The van der Waals surface area contributed by atoms with E-state index < -0.39 is 9.85 Å². The molecule has 308 valence electrons. The van der Waals surface area contributed by atoms with Crippen molar-refractivity contribution in [2.24, 2.45) is 0 Å². The molecule has 0 saturated carbocycles. The van der Waals surface area contributed by atoms with Gasteiger partial charge >= 0.3 is 0 Å². The highest BCUT2D eigenvalue weighted by atomic mass is 35.5. The molecular formula is C43H35Cl3N4O8S2. The number of nitro benzene ring substituents is 2. The minimum absolute atomic E-state index is 0.0280. The lowest BCUT2D eigenvalue weighted by atomic mass is 10.1. The molecule has 0 heterocycles. The summed E-state index contributed by atoms with van der Waals surface area (Å²) in [7, 11) is 0. The fourth-order valence-electron chi connectivity index (χ4n) is 5.58. The topological polar surface area (TPSA) is 185 Å². The van der Waals surface area contributed by atoms with Gasteiger partial charge in [-0.1, -0.05) is 76.0 Å². The molecule has 0 aromatic heterocycles. The number of nitro groups is 2. The highest BCUT2D eigenvalue weighted by Crippen LogP contribution is 2.38. The molecule has 17 heteroatoms. The van der Waals surface area contributed by atoms with Crippen LogP contribution in [-0.2, 0) is 13.1 Å². The number of anilines is 2. The molecule has 0 aliphatic carbocycles. The third-order valence-electron chi connectivity index (χ3n) is 8.65. The summed E-state index contributed by atoms with van der Waals surface area (Å²) in [4.78, 5) is 48.5. The molecule has 0 saturated heterocycles. The number of nitrogens with zero attached hydrogens (tertiary/aromatic N) is 2. The van der Waals surface area contributed by atoms with Crippen LogP contribution in [-0.4, -0.2) is 31.6 Å². The summed E-state index contributed by atoms with van der Waals surface area (Å²) in [6.07, 6.45) is 0. The van der Waals surface area contributed by atoms with Crippen molar-refractivity contribution in [2.45, 2.75) is 53.4 Å². The number of ketones is 2. The zero-order valence-corrected chi connectivity index (χ0v) is 35.9. The minimum atomic E-state index is -0.467. The van der Waals surface area contributed by atoms with Crippen molar-refractivity contribution in [3.8, 4) is 11.5 Å². The number of phenols is 2. The zero-order valence-electron chi connectivity index (χ0n) is 32.0. The van der Waals surface area contributed by atoms with Crippen LogP contribution in [0.25, 0.3) is 0 Å². The van der Waals surface area contributed by atoms with Gasteiger partial charge in [-0.15, -0.1) is 0 Å².